The molecule has 1 aromatic carbocycles. The lowest BCUT2D eigenvalue weighted by Crippen LogP contribution is -2.17. The minimum atomic E-state index is -0.401. The molecule has 1 saturated heterocycles. The molecule has 3 atom stereocenters. The molecule has 5 heteroatoms. The molecule has 1 aliphatic heterocycles. The highest BCUT2D eigenvalue weighted by Crippen LogP contribution is 2.44. The molecule has 1 aromatic heterocycles. The fraction of sp³-hybridized carbons (Fsp3) is 0.450. The number of aromatic nitrogens is 1. The molecule has 3 rings (SSSR count). The summed E-state index contributed by atoms with van der Waals surface area (Å²) in [5.41, 5.74) is 3.06. The van der Waals surface area contributed by atoms with Gasteiger partial charge in [0.2, 0.25) is 0 Å². The van der Waals surface area contributed by atoms with E-state index in [1.54, 1.807) is 18.4 Å². The summed E-state index contributed by atoms with van der Waals surface area (Å²) in [6.07, 6.45) is 3.07. The average molecular weight is 359 g/mol. The van der Waals surface area contributed by atoms with Crippen molar-refractivity contribution < 1.29 is 14.6 Å². The largest absolute Gasteiger partial charge is 0.497 e. The van der Waals surface area contributed by atoms with E-state index in [2.05, 4.69) is 35.5 Å². The van der Waals surface area contributed by atoms with Crippen LogP contribution in [0.25, 0.3) is 6.08 Å². The van der Waals surface area contributed by atoms with Crippen molar-refractivity contribution in [1.82, 2.24) is 4.98 Å². The Hall–Kier alpha value is -1.69. The predicted octanol–water partition coefficient (Wildman–Crippen LogP) is 4.19. The molecule has 2 heterocycles. The molecule has 0 radical (unpaired) electrons. The van der Waals surface area contributed by atoms with Gasteiger partial charge in [0, 0.05) is 11.3 Å². The third-order valence-electron chi connectivity index (χ3n) is 4.88. The number of rotatable bonds is 7. The first-order valence-corrected chi connectivity index (χ1v) is 9.36. The highest BCUT2D eigenvalue weighted by Gasteiger charge is 2.52. The Balaban J connectivity index is 1.86. The van der Waals surface area contributed by atoms with Crippen LogP contribution < -0.4 is 4.74 Å². The SMILES string of the molecule is COc1ccc([C@@H](C[C@@H]2O[C@]2(C)CO)/C(C)=C/c2csc(C)n2)cc1. The van der Waals surface area contributed by atoms with E-state index in [1.807, 2.05) is 26.0 Å². The molecule has 25 heavy (non-hydrogen) atoms. The van der Waals surface area contributed by atoms with Crippen LogP contribution in [0.2, 0.25) is 0 Å². The molecule has 0 amide bonds. The number of hydrogen-bond acceptors (Lipinski definition) is 5. The van der Waals surface area contributed by atoms with Crippen molar-refractivity contribution in [2.75, 3.05) is 13.7 Å². The first-order valence-electron chi connectivity index (χ1n) is 8.48. The number of thiazole rings is 1. The lowest BCUT2D eigenvalue weighted by atomic mass is 9.85. The summed E-state index contributed by atoms with van der Waals surface area (Å²) in [6, 6.07) is 8.18. The summed E-state index contributed by atoms with van der Waals surface area (Å²) in [6.45, 7) is 6.18. The number of nitrogens with zero attached hydrogens (tertiary/aromatic N) is 1. The van der Waals surface area contributed by atoms with Gasteiger partial charge in [0.05, 0.1) is 30.5 Å². The Morgan fingerprint density at radius 2 is 2.16 bits per heavy atom. The van der Waals surface area contributed by atoms with Gasteiger partial charge in [0.25, 0.3) is 0 Å². The normalized spacial score (nSPS) is 24.2. The van der Waals surface area contributed by atoms with Gasteiger partial charge in [0.15, 0.2) is 0 Å². The zero-order valence-corrected chi connectivity index (χ0v) is 16.0. The number of aryl methyl sites for hydroxylation is 1. The number of benzene rings is 1. The summed E-state index contributed by atoms with van der Waals surface area (Å²) in [5, 5.41) is 12.6. The van der Waals surface area contributed by atoms with Crippen LogP contribution in [0.3, 0.4) is 0 Å². The summed E-state index contributed by atoms with van der Waals surface area (Å²) in [5.74, 6) is 1.06. The molecule has 1 N–H and O–H groups in total. The molecular formula is C20H25NO3S. The van der Waals surface area contributed by atoms with Crippen LogP contribution in [0.15, 0.2) is 35.2 Å². The van der Waals surface area contributed by atoms with Crippen LogP contribution in [-0.4, -0.2) is 35.5 Å². The summed E-state index contributed by atoms with van der Waals surface area (Å²) in [7, 11) is 1.67. The van der Waals surface area contributed by atoms with E-state index < -0.39 is 5.60 Å². The molecule has 0 spiro atoms. The van der Waals surface area contributed by atoms with Gasteiger partial charge in [-0.25, -0.2) is 4.98 Å². The summed E-state index contributed by atoms with van der Waals surface area (Å²) in [4.78, 5) is 4.54. The third kappa shape index (κ3) is 4.11. The van der Waals surface area contributed by atoms with Crippen molar-refractivity contribution in [3.63, 3.8) is 0 Å². The minimum Gasteiger partial charge on any atom is -0.497 e. The predicted molar refractivity (Wildman–Crippen MR) is 101 cm³/mol. The second kappa shape index (κ2) is 7.28. The topological polar surface area (TPSA) is 54.9 Å². The molecule has 0 aliphatic carbocycles. The van der Waals surface area contributed by atoms with Gasteiger partial charge in [-0.2, -0.15) is 0 Å². The Morgan fingerprint density at radius 1 is 1.44 bits per heavy atom. The van der Waals surface area contributed by atoms with Gasteiger partial charge in [-0.05, 0) is 51.0 Å². The molecule has 2 aromatic rings. The van der Waals surface area contributed by atoms with E-state index in [0.29, 0.717) is 0 Å². The summed E-state index contributed by atoms with van der Waals surface area (Å²) < 4.78 is 11.0. The van der Waals surface area contributed by atoms with Crippen LogP contribution >= 0.6 is 11.3 Å². The maximum Gasteiger partial charge on any atom is 0.118 e. The van der Waals surface area contributed by atoms with E-state index in [0.717, 1.165) is 22.9 Å². The smallest absolute Gasteiger partial charge is 0.118 e. The van der Waals surface area contributed by atoms with Gasteiger partial charge < -0.3 is 14.6 Å². The number of allylic oxidation sites excluding steroid dienone is 1. The zero-order valence-electron chi connectivity index (χ0n) is 15.2. The van der Waals surface area contributed by atoms with Crippen LogP contribution in [0.5, 0.6) is 5.75 Å². The van der Waals surface area contributed by atoms with Crippen LogP contribution in [0.1, 0.15) is 42.5 Å². The molecule has 0 saturated carbocycles. The van der Waals surface area contributed by atoms with Gasteiger partial charge in [-0.15, -0.1) is 11.3 Å². The van der Waals surface area contributed by atoms with E-state index in [-0.39, 0.29) is 18.6 Å². The standard InChI is InChI=1S/C20H25NO3S/c1-13(9-16-11-25-14(2)21-16)18(10-19-20(3,12-22)24-19)15-5-7-17(23-4)8-6-15/h5-9,11,18-19,22H,10,12H2,1-4H3/b13-9+/t18-,19-,20+/m0/s1. The minimum absolute atomic E-state index is 0.0566. The second-order valence-corrected chi connectivity index (χ2v) is 7.88. The molecule has 0 unspecified atom stereocenters. The lowest BCUT2D eigenvalue weighted by molar-refractivity contribution is 0.184. The Labute approximate surface area is 153 Å². The molecule has 1 fully saturated rings. The van der Waals surface area contributed by atoms with Crippen molar-refractivity contribution in [3.8, 4) is 5.75 Å². The van der Waals surface area contributed by atoms with Crippen LogP contribution in [-0.2, 0) is 4.74 Å². The quantitative estimate of drug-likeness (QED) is 0.753. The monoisotopic (exact) mass is 359 g/mol. The van der Waals surface area contributed by atoms with E-state index in [9.17, 15) is 5.11 Å². The van der Waals surface area contributed by atoms with Gasteiger partial charge in [0.1, 0.15) is 11.4 Å². The first-order chi connectivity index (χ1) is 11.9. The van der Waals surface area contributed by atoms with Crippen molar-refractivity contribution in [2.45, 2.75) is 44.8 Å². The molecule has 1 aliphatic rings. The molecular weight excluding hydrogens is 334 g/mol. The van der Waals surface area contributed by atoms with Crippen molar-refractivity contribution in [1.29, 1.82) is 0 Å². The van der Waals surface area contributed by atoms with Gasteiger partial charge in [-0.3, -0.25) is 0 Å². The first kappa shape index (κ1) is 18.1. The number of hydrogen-bond donors (Lipinski definition) is 1. The maximum atomic E-state index is 9.50. The molecule has 4 nitrogen and oxygen atoms in total. The van der Waals surface area contributed by atoms with Crippen molar-refractivity contribution in [2.24, 2.45) is 0 Å². The fourth-order valence-corrected chi connectivity index (χ4v) is 3.71. The maximum absolute atomic E-state index is 9.50. The van der Waals surface area contributed by atoms with E-state index >= 15 is 0 Å². The number of ether oxygens (including phenoxy) is 2. The third-order valence-corrected chi connectivity index (χ3v) is 5.67. The Kier molecular flexibility index (Phi) is 5.27. The number of methoxy groups -OCH3 is 1. The fourth-order valence-electron chi connectivity index (χ4n) is 3.14. The number of aliphatic hydroxyl groups is 1. The number of epoxide rings is 1. The number of aliphatic hydroxyl groups excluding tert-OH is 1. The zero-order chi connectivity index (χ0) is 18.0. The van der Waals surface area contributed by atoms with Crippen LogP contribution in [0.4, 0.5) is 0 Å². The Bertz CT molecular complexity index is 753. The summed E-state index contributed by atoms with van der Waals surface area (Å²) >= 11 is 1.66. The van der Waals surface area contributed by atoms with E-state index in [1.165, 1.54) is 11.1 Å². The highest BCUT2D eigenvalue weighted by atomic mass is 32.1. The average Bonchev–Trinajstić information content (AvgIpc) is 3.09. The van der Waals surface area contributed by atoms with Crippen molar-refractivity contribution in [3.05, 3.63) is 51.5 Å². The second-order valence-electron chi connectivity index (χ2n) is 6.82. The van der Waals surface area contributed by atoms with Gasteiger partial charge >= 0.3 is 0 Å². The van der Waals surface area contributed by atoms with Gasteiger partial charge in [-0.1, -0.05) is 17.7 Å². The van der Waals surface area contributed by atoms with Crippen molar-refractivity contribution >= 4 is 17.4 Å². The van der Waals surface area contributed by atoms with E-state index in [4.69, 9.17) is 9.47 Å². The molecule has 0 bridgehead atoms. The Morgan fingerprint density at radius 3 is 2.68 bits per heavy atom. The lowest BCUT2D eigenvalue weighted by Gasteiger charge is -2.18. The van der Waals surface area contributed by atoms with Crippen LogP contribution in [0, 0.1) is 6.92 Å². The molecule has 134 valence electrons. The highest BCUT2D eigenvalue weighted by molar-refractivity contribution is 7.09.